The lowest BCUT2D eigenvalue weighted by atomic mass is 10.0. The molecule has 116 valence electrons. The number of hydrogen-bond donors (Lipinski definition) is 1. The van der Waals surface area contributed by atoms with Gasteiger partial charge in [0.15, 0.2) is 0 Å². The molecule has 0 radical (unpaired) electrons. The summed E-state index contributed by atoms with van der Waals surface area (Å²) in [6.07, 6.45) is 15.6. The van der Waals surface area contributed by atoms with E-state index in [0.717, 1.165) is 25.8 Å². The first kappa shape index (κ1) is 18.9. The van der Waals surface area contributed by atoms with E-state index in [2.05, 4.69) is 20.8 Å². The van der Waals surface area contributed by atoms with Crippen molar-refractivity contribution in [3.8, 4) is 0 Å². The molecule has 0 heterocycles. The molecule has 0 bridgehead atoms. The van der Waals surface area contributed by atoms with Gasteiger partial charge in [-0.05, 0) is 19.3 Å². The number of hydroxylamine groups is 2. The standard InChI is InChI=1S/C17H37NO/c1-4-7-8-9-10-11-12-13-14-15-17(6-3)18(19)16-5-2/h17,19H,4-16H2,1-3H3. The summed E-state index contributed by atoms with van der Waals surface area (Å²) in [7, 11) is 0. The van der Waals surface area contributed by atoms with E-state index >= 15 is 0 Å². The summed E-state index contributed by atoms with van der Waals surface area (Å²) < 4.78 is 0. The van der Waals surface area contributed by atoms with Gasteiger partial charge in [-0.1, -0.05) is 78.6 Å². The molecule has 1 N–H and O–H groups in total. The van der Waals surface area contributed by atoms with E-state index in [4.69, 9.17) is 0 Å². The van der Waals surface area contributed by atoms with Crippen LogP contribution in [0.5, 0.6) is 0 Å². The topological polar surface area (TPSA) is 23.5 Å². The maximum Gasteiger partial charge on any atom is 0.0347 e. The molecule has 0 spiro atoms. The summed E-state index contributed by atoms with van der Waals surface area (Å²) in [5, 5.41) is 11.4. The molecule has 0 aliphatic heterocycles. The van der Waals surface area contributed by atoms with E-state index in [9.17, 15) is 5.21 Å². The van der Waals surface area contributed by atoms with Crippen LogP contribution in [-0.4, -0.2) is 22.9 Å². The largest absolute Gasteiger partial charge is 0.314 e. The average Bonchev–Trinajstić information content (AvgIpc) is 2.41. The molecule has 19 heavy (non-hydrogen) atoms. The van der Waals surface area contributed by atoms with Gasteiger partial charge in [0.2, 0.25) is 0 Å². The first-order chi connectivity index (χ1) is 9.26. The summed E-state index contributed by atoms with van der Waals surface area (Å²) in [5.74, 6) is 0. The molecule has 2 heteroatoms. The van der Waals surface area contributed by atoms with Crippen molar-refractivity contribution >= 4 is 0 Å². The zero-order valence-electron chi connectivity index (χ0n) is 13.7. The lowest BCUT2D eigenvalue weighted by molar-refractivity contribution is -0.129. The maximum absolute atomic E-state index is 9.87. The molecule has 0 saturated carbocycles. The molecule has 0 amide bonds. The SMILES string of the molecule is CCCCCCCCCCCC(CC)N(O)CCC. The fourth-order valence-corrected chi connectivity index (χ4v) is 2.67. The minimum atomic E-state index is 0.379. The van der Waals surface area contributed by atoms with Gasteiger partial charge in [-0.3, -0.25) is 0 Å². The van der Waals surface area contributed by atoms with Crippen LogP contribution in [0, 0.1) is 0 Å². The van der Waals surface area contributed by atoms with Crippen LogP contribution < -0.4 is 0 Å². The van der Waals surface area contributed by atoms with E-state index in [1.807, 2.05) is 0 Å². The van der Waals surface area contributed by atoms with E-state index in [1.165, 1.54) is 57.8 Å². The van der Waals surface area contributed by atoms with Crippen LogP contribution in [0.4, 0.5) is 0 Å². The highest BCUT2D eigenvalue weighted by Crippen LogP contribution is 2.14. The molecular formula is C17H37NO. The lowest BCUT2D eigenvalue weighted by Crippen LogP contribution is -2.32. The molecule has 1 unspecified atom stereocenters. The maximum atomic E-state index is 9.87. The minimum absolute atomic E-state index is 0.379. The summed E-state index contributed by atoms with van der Waals surface area (Å²) in [6, 6.07) is 0.379. The van der Waals surface area contributed by atoms with Crippen molar-refractivity contribution in [2.75, 3.05) is 6.54 Å². The van der Waals surface area contributed by atoms with Crippen molar-refractivity contribution < 1.29 is 5.21 Å². The smallest absolute Gasteiger partial charge is 0.0347 e. The van der Waals surface area contributed by atoms with Gasteiger partial charge in [-0.2, -0.15) is 5.06 Å². The molecule has 0 aromatic carbocycles. The fourth-order valence-electron chi connectivity index (χ4n) is 2.67. The highest BCUT2D eigenvalue weighted by atomic mass is 16.5. The molecule has 0 fully saturated rings. The predicted molar refractivity (Wildman–Crippen MR) is 84.7 cm³/mol. The molecule has 0 saturated heterocycles. The minimum Gasteiger partial charge on any atom is -0.314 e. The third-order valence-corrected chi connectivity index (χ3v) is 3.99. The molecule has 0 aliphatic rings. The Morgan fingerprint density at radius 2 is 1.26 bits per heavy atom. The van der Waals surface area contributed by atoms with E-state index in [0.29, 0.717) is 6.04 Å². The van der Waals surface area contributed by atoms with E-state index in [-0.39, 0.29) is 0 Å². The molecular weight excluding hydrogens is 234 g/mol. The van der Waals surface area contributed by atoms with Gasteiger partial charge in [0.05, 0.1) is 0 Å². The molecule has 0 aromatic heterocycles. The fraction of sp³-hybridized carbons (Fsp3) is 1.00. The second kappa shape index (κ2) is 14.3. The summed E-state index contributed by atoms with van der Waals surface area (Å²) >= 11 is 0. The van der Waals surface area contributed by atoms with Crippen LogP contribution in [0.1, 0.15) is 97.8 Å². The van der Waals surface area contributed by atoms with Crippen molar-refractivity contribution in [1.82, 2.24) is 5.06 Å². The van der Waals surface area contributed by atoms with Crippen molar-refractivity contribution in [3.63, 3.8) is 0 Å². The normalized spacial score (nSPS) is 13.1. The number of nitrogens with zero attached hydrogens (tertiary/aromatic N) is 1. The summed E-state index contributed by atoms with van der Waals surface area (Å²) in [5.41, 5.74) is 0. The average molecular weight is 271 g/mol. The van der Waals surface area contributed by atoms with Crippen LogP contribution in [0.15, 0.2) is 0 Å². The van der Waals surface area contributed by atoms with E-state index in [1.54, 1.807) is 5.06 Å². The van der Waals surface area contributed by atoms with Gasteiger partial charge in [0.25, 0.3) is 0 Å². The van der Waals surface area contributed by atoms with Gasteiger partial charge in [0, 0.05) is 12.6 Å². The Kier molecular flexibility index (Phi) is 14.3. The van der Waals surface area contributed by atoms with Crippen LogP contribution in [0.25, 0.3) is 0 Å². The Morgan fingerprint density at radius 1 is 0.737 bits per heavy atom. The van der Waals surface area contributed by atoms with Crippen molar-refractivity contribution in [2.45, 2.75) is 104 Å². The van der Waals surface area contributed by atoms with Gasteiger partial charge >= 0.3 is 0 Å². The molecule has 1 atom stereocenters. The van der Waals surface area contributed by atoms with Crippen LogP contribution in [-0.2, 0) is 0 Å². The Labute approximate surface area is 121 Å². The highest BCUT2D eigenvalue weighted by molar-refractivity contribution is 4.63. The number of unbranched alkanes of at least 4 members (excludes halogenated alkanes) is 8. The van der Waals surface area contributed by atoms with Crippen molar-refractivity contribution in [2.24, 2.45) is 0 Å². The number of hydrogen-bond acceptors (Lipinski definition) is 2. The zero-order valence-corrected chi connectivity index (χ0v) is 13.7. The van der Waals surface area contributed by atoms with Crippen LogP contribution in [0.3, 0.4) is 0 Å². The predicted octanol–water partition coefficient (Wildman–Crippen LogP) is 5.79. The first-order valence-electron chi connectivity index (χ1n) is 8.71. The van der Waals surface area contributed by atoms with E-state index < -0.39 is 0 Å². The Bertz CT molecular complexity index is 173. The van der Waals surface area contributed by atoms with Gasteiger partial charge < -0.3 is 5.21 Å². The zero-order chi connectivity index (χ0) is 14.3. The Hall–Kier alpha value is -0.0800. The second-order valence-electron chi connectivity index (χ2n) is 5.84. The third-order valence-electron chi connectivity index (χ3n) is 3.99. The Balaban J connectivity index is 3.36. The van der Waals surface area contributed by atoms with Gasteiger partial charge in [-0.15, -0.1) is 0 Å². The second-order valence-corrected chi connectivity index (χ2v) is 5.84. The molecule has 0 rings (SSSR count). The summed E-state index contributed by atoms with van der Waals surface area (Å²) in [6.45, 7) is 7.38. The van der Waals surface area contributed by atoms with Crippen molar-refractivity contribution in [3.05, 3.63) is 0 Å². The monoisotopic (exact) mass is 271 g/mol. The van der Waals surface area contributed by atoms with Gasteiger partial charge in [-0.25, -0.2) is 0 Å². The van der Waals surface area contributed by atoms with Crippen LogP contribution in [0.2, 0.25) is 0 Å². The quantitative estimate of drug-likeness (QED) is 0.319. The van der Waals surface area contributed by atoms with Gasteiger partial charge in [0.1, 0.15) is 0 Å². The van der Waals surface area contributed by atoms with Crippen molar-refractivity contribution in [1.29, 1.82) is 0 Å². The first-order valence-corrected chi connectivity index (χ1v) is 8.71. The molecule has 0 aliphatic carbocycles. The lowest BCUT2D eigenvalue weighted by Gasteiger charge is -2.24. The number of rotatable bonds is 14. The highest BCUT2D eigenvalue weighted by Gasteiger charge is 2.12. The molecule has 2 nitrogen and oxygen atoms in total. The molecule has 0 aromatic rings. The summed E-state index contributed by atoms with van der Waals surface area (Å²) in [4.78, 5) is 0. The van der Waals surface area contributed by atoms with Crippen LogP contribution >= 0.6 is 0 Å². The third kappa shape index (κ3) is 11.4. The Morgan fingerprint density at radius 3 is 1.74 bits per heavy atom.